The van der Waals surface area contributed by atoms with Crippen LogP contribution in [-0.2, 0) is 0 Å². The second kappa shape index (κ2) is 7.59. The molecular weight excluding hydrogens is 406 g/mol. The molecule has 2 aromatic carbocycles. The van der Waals surface area contributed by atoms with Crippen LogP contribution in [-0.4, -0.2) is 54.4 Å². The maximum Gasteiger partial charge on any atom is 0.231 e. The highest BCUT2D eigenvalue weighted by Gasteiger charge is 2.52. The second-order valence-electron chi connectivity index (χ2n) is 8.77. The minimum atomic E-state index is -0.450. The van der Waals surface area contributed by atoms with Crippen LogP contribution in [0.3, 0.4) is 0 Å². The molecule has 32 heavy (non-hydrogen) atoms. The zero-order chi connectivity index (χ0) is 21.7. The van der Waals surface area contributed by atoms with E-state index in [0.29, 0.717) is 6.61 Å². The van der Waals surface area contributed by atoms with Crippen LogP contribution in [0.4, 0.5) is 0 Å². The zero-order valence-electron chi connectivity index (χ0n) is 18.7. The van der Waals surface area contributed by atoms with Crippen LogP contribution < -0.4 is 18.9 Å². The summed E-state index contributed by atoms with van der Waals surface area (Å²) in [5.41, 5.74) is 2.84. The van der Waals surface area contributed by atoms with E-state index in [2.05, 4.69) is 35.0 Å². The molecule has 4 aliphatic rings. The first-order chi connectivity index (χ1) is 15.7. The lowest BCUT2D eigenvalue weighted by Gasteiger charge is -2.51. The molecule has 6 rings (SSSR count). The topological polar surface area (TPSA) is 55.8 Å². The molecule has 168 valence electrons. The number of ether oxygens (including phenoxy) is 4. The van der Waals surface area contributed by atoms with Crippen LogP contribution in [0.2, 0.25) is 0 Å². The van der Waals surface area contributed by atoms with Gasteiger partial charge in [0.25, 0.3) is 0 Å². The summed E-state index contributed by atoms with van der Waals surface area (Å²) in [7, 11) is 0. The maximum absolute atomic E-state index is 6.83. The lowest BCUT2D eigenvalue weighted by Crippen LogP contribution is -2.59. The number of piperidine rings is 1. The van der Waals surface area contributed by atoms with Gasteiger partial charge >= 0.3 is 0 Å². The predicted molar refractivity (Wildman–Crippen MR) is 121 cm³/mol. The maximum atomic E-state index is 6.83. The zero-order valence-corrected chi connectivity index (χ0v) is 18.7. The van der Waals surface area contributed by atoms with Gasteiger partial charge in [0.1, 0.15) is 0 Å². The van der Waals surface area contributed by atoms with Crippen molar-refractivity contribution < 1.29 is 18.9 Å². The first-order valence-corrected chi connectivity index (χ1v) is 11.6. The van der Waals surface area contributed by atoms with Crippen molar-refractivity contribution in [1.29, 1.82) is 0 Å². The van der Waals surface area contributed by atoms with Gasteiger partial charge in [-0.2, -0.15) is 5.10 Å². The molecule has 1 atom stereocenters. The van der Waals surface area contributed by atoms with Gasteiger partial charge in [-0.05, 0) is 37.7 Å². The highest BCUT2D eigenvalue weighted by molar-refractivity contribution is 6.02. The largest absolute Gasteiger partial charge is 0.490 e. The van der Waals surface area contributed by atoms with E-state index >= 15 is 0 Å². The van der Waals surface area contributed by atoms with Crippen molar-refractivity contribution in [3.8, 4) is 23.0 Å². The van der Waals surface area contributed by atoms with Gasteiger partial charge in [-0.1, -0.05) is 19.1 Å². The second-order valence-corrected chi connectivity index (χ2v) is 8.77. The Hall–Kier alpha value is -2.93. The SMILES string of the molecule is CCOc1cccc2c1OC1(CCN(CC)CC1)N1N=C(c3ccc4c(c3)OCO4)C[C@@H]21. The first kappa shape index (κ1) is 19.7. The van der Waals surface area contributed by atoms with Gasteiger partial charge in [0.2, 0.25) is 12.5 Å². The van der Waals surface area contributed by atoms with Crippen LogP contribution >= 0.6 is 0 Å². The van der Waals surface area contributed by atoms with Gasteiger partial charge in [0.15, 0.2) is 23.0 Å². The van der Waals surface area contributed by atoms with E-state index in [1.54, 1.807) is 0 Å². The summed E-state index contributed by atoms with van der Waals surface area (Å²) < 4.78 is 23.9. The highest BCUT2D eigenvalue weighted by Crippen LogP contribution is 2.53. The fourth-order valence-electron chi connectivity index (χ4n) is 5.34. The van der Waals surface area contributed by atoms with Crippen molar-refractivity contribution in [2.75, 3.05) is 33.0 Å². The number of likely N-dealkylation sites (tertiary alicyclic amines) is 1. The van der Waals surface area contributed by atoms with Crippen LogP contribution in [0, 0.1) is 0 Å². The Morgan fingerprint density at radius 3 is 2.75 bits per heavy atom. The Morgan fingerprint density at radius 1 is 1.09 bits per heavy atom. The molecule has 1 saturated heterocycles. The minimum absolute atomic E-state index is 0.132. The monoisotopic (exact) mass is 435 g/mol. The molecule has 4 heterocycles. The highest BCUT2D eigenvalue weighted by atomic mass is 16.7. The molecule has 7 heteroatoms. The van der Waals surface area contributed by atoms with Crippen LogP contribution in [0.5, 0.6) is 23.0 Å². The molecule has 2 aromatic rings. The Bertz CT molecular complexity index is 1060. The van der Waals surface area contributed by atoms with Gasteiger partial charge in [-0.3, -0.25) is 0 Å². The molecule has 0 amide bonds. The van der Waals surface area contributed by atoms with Crippen molar-refractivity contribution in [2.45, 2.75) is 44.9 Å². The Balaban J connectivity index is 1.41. The summed E-state index contributed by atoms with van der Waals surface area (Å²) >= 11 is 0. The number of hydrogen-bond donors (Lipinski definition) is 0. The summed E-state index contributed by atoms with van der Waals surface area (Å²) in [6.07, 6.45) is 2.65. The van der Waals surface area contributed by atoms with Crippen LogP contribution in [0.25, 0.3) is 0 Å². The molecule has 0 radical (unpaired) electrons. The number of hydrogen-bond acceptors (Lipinski definition) is 7. The van der Waals surface area contributed by atoms with E-state index in [1.807, 2.05) is 25.1 Å². The molecule has 0 bridgehead atoms. The lowest BCUT2D eigenvalue weighted by atomic mass is 9.90. The van der Waals surface area contributed by atoms with Crippen LogP contribution in [0.1, 0.15) is 50.3 Å². The van der Waals surface area contributed by atoms with E-state index < -0.39 is 5.72 Å². The van der Waals surface area contributed by atoms with Gasteiger partial charge in [-0.15, -0.1) is 0 Å². The molecule has 1 fully saturated rings. The third-order valence-corrected chi connectivity index (χ3v) is 7.08. The van der Waals surface area contributed by atoms with Gasteiger partial charge in [0, 0.05) is 43.5 Å². The lowest BCUT2D eigenvalue weighted by molar-refractivity contribution is -0.150. The van der Waals surface area contributed by atoms with Crippen molar-refractivity contribution in [3.05, 3.63) is 47.5 Å². The summed E-state index contributed by atoms with van der Waals surface area (Å²) in [4.78, 5) is 2.48. The fraction of sp³-hybridized carbons (Fsp3) is 0.480. The molecular formula is C25H29N3O4. The number of benzene rings is 2. The molecule has 0 saturated carbocycles. The average molecular weight is 436 g/mol. The smallest absolute Gasteiger partial charge is 0.231 e. The first-order valence-electron chi connectivity index (χ1n) is 11.6. The molecule has 0 aliphatic carbocycles. The van der Waals surface area contributed by atoms with Crippen molar-refractivity contribution in [3.63, 3.8) is 0 Å². The summed E-state index contributed by atoms with van der Waals surface area (Å²) in [6.45, 7) is 8.19. The average Bonchev–Trinajstić information content (AvgIpc) is 3.48. The quantitative estimate of drug-likeness (QED) is 0.719. The van der Waals surface area contributed by atoms with Crippen molar-refractivity contribution in [1.82, 2.24) is 9.91 Å². The third-order valence-electron chi connectivity index (χ3n) is 7.08. The number of rotatable bonds is 4. The fourth-order valence-corrected chi connectivity index (χ4v) is 5.34. The number of para-hydroxylation sites is 1. The predicted octanol–water partition coefficient (Wildman–Crippen LogP) is 4.17. The van der Waals surface area contributed by atoms with Crippen LogP contribution in [0.15, 0.2) is 41.5 Å². The normalized spacial score (nSPS) is 22.9. The Morgan fingerprint density at radius 2 is 1.94 bits per heavy atom. The van der Waals surface area contributed by atoms with Crippen molar-refractivity contribution >= 4 is 5.71 Å². The van der Waals surface area contributed by atoms with Gasteiger partial charge < -0.3 is 23.8 Å². The molecule has 7 nitrogen and oxygen atoms in total. The summed E-state index contributed by atoms with van der Waals surface area (Å²) in [5, 5.41) is 7.43. The van der Waals surface area contributed by atoms with E-state index in [1.165, 1.54) is 0 Å². The van der Waals surface area contributed by atoms with E-state index in [-0.39, 0.29) is 12.8 Å². The minimum Gasteiger partial charge on any atom is -0.490 e. The molecule has 0 unspecified atom stereocenters. The Labute approximate surface area is 188 Å². The summed E-state index contributed by atoms with van der Waals surface area (Å²) in [5.74, 6) is 3.31. The number of hydrazone groups is 1. The Kier molecular flexibility index (Phi) is 4.68. The number of fused-ring (bicyclic) bond motifs is 5. The summed E-state index contributed by atoms with van der Waals surface area (Å²) in [6, 6.07) is 12.5. The molecule has 0 aromatic heterocycles. The molecule has 0 N–H and O–H groups in total. The standard InChI is InChI=1S/C25H29N3O4/c1-3-27-12-10-25(11-13-27)28-20(18-6-5-7-22(29-4-2)24(18)32-25)15-19(26-28)17-8-9-21-23(14-17)31-16-30-21/h5-9,14,20H,3-4,10-13,15-16H2,1-2H3/t20-/m0/s1. The van der Waals surface area contributed by atoms with E-state index in [9.17, 15) is 0 Å². The molecule has 4 aliphatic heterocycles. The van der Waals surface area contributed by atoms with Gasteiger partial charge in [0.05, 0.1) is 18.4 Å². The van der Waals surface area contributed by atoms with E-state index in [0.717, 1.165) is 78.7 Å². The van der Waals surface area contributed by atoms with Gasteiger partial charge in [-0.25, -0.2) is 5.01 Å². The van der Waals surface area contributed by atoms with E-state index in [4.69, 9.17) is 24.0 Å². The number of nitrogens with zero attached hydrogens (tertiary/aromatic N) is 3. The molecule has 1 spiro atoms. The third kappa shape index (κ3) is 3.02. The van der Waals surface area contributed by atoms with Crippen molar-refractivity contribution in [2.24, 2.45) is 5.10 Å².